The number of rotatable bonds is 12. The third-order valence-electron chi connectivity index (χ3n) is 5.74. The average molecular weight is 459 g/mol. The van der Waals surface area contributed by atoms with Crippen molar-refractivity contribution in [2.75, 3.05) is 18.5 Å². The molecule has 1 saturated heterocycles. The summed E-state index contributed by atoms with van der Waals surface area (Å²) in [5.74, 6) is 0.466. The Balaban J connectivity index is 1.51. The molecule has 0 aromatic heterocycles. The molecule has 0 radical (unpaired) electrons. The molecule has 3 rings (SSSR count). The average Bonchev–Trinajstić information content (AvgIpc) is 3.31. The van der Waals surface area contributed by atoms with Crippen molar-refractivity contribution in [3.63, 3.8) is 0 Å². The number of benzene rings is 2. The topological polar surface area (TPSA) is 75.7 Å². The Morgan fingerprint density at radius 1 is 1.00 bits per heavy atom. The maximum absolute atomic E-state index is 13.0. The number of nitrogens with one attached hydrogen (secondary N) is 1. The van der Waals surface area contributed by atoms with E-state index in [1.54, 1.807) is 42.5 Å². The van der Waals surface area contributed by atoms with Gasteiger partial charge in [-0.1, -0.05) is 57.2 Å². The van der Waals surface area contributed by atoms with E-state index in [9.17, 15) is 13.2 Å². The minimum absolute atomic E-state index is 0.214. The fourth-order valence-corrected chi connectivity index (χ4v) is 5.63. The minimum atomic E-state index is -3.70. The van der Waals surface area contributed by atoms with Gasteiger partial charge < -0.3 is 10.1 Å². The Hall–Kier alpha value is -2.38. The first-order valence-corrected chi connectivity index (χ1v) is 13.1. The maximum Gasteiger partial charge on any atom is 0.243 e. The van der Waals surface area contributed by atoms with Crippen LogP contribution in [0.1, 0.15) is 58.3 Å². The van der Waals surface area contributed by atoms with Gasteiger partial charge in [0.2, 0.25) is 15.9 Å². The Kier molecular flexibility index (Phi) is 9.11. The van der Waals surface area contributed by atoms with E-state index in [4.69, 9.17) is 4.74 Å². The Bertz CT molecular complexity index is 946. The molecule has 1 atom stereocenters. The molecule has 2 aromatic carbocycles. The highest BCUT2D eigenvalue weighted by Gasteiger charge is 2.39. The predicted molar refractivity (Wildman–Crippen MR) is 127 cm³/mol. The van der Waals surface area contributed by atoms with Crippen molar-refractivity contribution in [3.8, 4) is 5.75 Å². The SMILES string of the molecule is CCCCCCCCOc1ccc(NC(=O)[C@H]2CCCN2S(=O)(=O)c2ccccc2)cc1. The van der Waals surface area contributed by atoms with Crippen molar-refractivity contribution in [1.29, 1.82) is 0 Å². The summed E-state index contributed by atoms with van der Waals surface area (Å²) in [5.41, 5.74) is 0.630. The second-order valence-corrected chi connectivity index (χ2v) is 10.1. The van der Waals surface area contributed by atoms with Gasteiger partial charge in [0.25, 0.3) is 0 Å². The highest BCUT2D eigenvalue weighted by molar-refractivity contribution is 7.89. The molecule has 0 bridgehead atoms. The summed E-state index contributed by atoms with van der Waals surface area (Å²) in [6.07, 6.45) is 8.47. The smallest absolute Gasteiger partial charge is 0.243 e. The van der Waals surface area contributed by atoms with Crippen molar-refractivity contribution >= 4 is 21.6 Å². The molecule has 1 N–H and O–H groups in total. The van der Waals surface area contributed by atoms with E-state index >= 15 is 0 Å². The summed E-state index contributed by atoms with van der Waals surface area (Å²) < 4.78 is 33.0. The van der Waals surface area contributed by atoms with Gasteiger partial charge in [0.15, 0.2) is 0 Å². The van der Waals surface area contributed by atoms with Crippen LogP contribution in [0.2, 0.25) is 0 Å². The highest BCUT2D eigenvalue weighted by Crippen LogP contribution is 2.27. The fourth-order valence-electron chi connectivity index (χ4n) is 3.95. The van der Waals surface area contributed by atoms with E-state index in [-0.39, 0.29) is 10.8 Å². The number of hydrogen-bond donors (Lipinski definition) is 1. The van der Waals surface area contributed by atoms with Crippen LogP contribution in [0.25, 0.3) is 0 Å². The number of carbonyl (C=O) groups is 1. The van der Waals surface area contributed by atoms with E-state index in [0.717, 1.165) is 12.2 Å². The molecule has 2 aromatic rings. The fraction of sp³-hybridized carbons (Fsp3) is 0.480. The quantitative estimate of drug-likeness (QED) is 0.443. The van der Waals surface area contributed by atoms with Gasteiger partial charge in [-0.3, -0.25) is 4.79 Å². The lowest BCUT2D eigenvalue weighted by Gasteiger charge is -2.23. The zero-order chi connectivity index (χ0) is 22.8. The van der Waals surface area contributed by atoms with Crippen molar-refractivity contribution < 1.29 is 17.9 Å². The molecule has 1 amide bonds. The molecule has 32 heavy (non-hydrogen) atoms. The lowest BCUT2D eigenvalue weighted by atomic mass is 10.1. The van der Waals surface area contributed by atoms with Crippen molar-refractivity contribution in [2.45, 2.75) is 69.2 Å². The third kappa shape index (κ3) is 6.56. The largest absolute Gasteiger partial charge is 0.494 e. The van der Waals surface area contributed by atoms with E-state index in [1.165, 1.54) is 36.4 Å². The Labute approximate surface area is 192 Å². The maximum atomic E-state index is 13.0. The van der Waals surface area contributed by atoms with Crippen molar-refractivity contribution in [3.05, 3.63) is 54.6 Å². The second kappa shape index (κ2) is 12.0. The number of ether oxygens (including phenoxy) is 1. The van der Waals surface area contributed by atoms with Gasteiger partial charge in [0.1, 0.15) is 11.8 Å². The number of hydrogen-bond acceptors (Lipinski definition) is 4. The Morgan fingerprint density at radius 2 is 1.69 bits per heavy atom. The van der Waals surface area contributed by atoms with E-state index in [1.807, 2.05) is 12.1 Å². The molecule has 6 nitrogen and oxygen atoms in total. The number of unbranched alkanes of at least 4 members (excludes halogenated alkanes) is 5. The summed E-state index contributed by atoms with van der Waals surface area (Å²) >= 11 is 0. The van der Waals surface area contributed by atoms with Crippen LogP contribution in [0.5, 0.6) is 5.75 Å². The molecule has 7 heteroatoms. The van der Waals surface area contributed by atoms with E-state index in [2.05, 4.69) is 12.2 Å². The van der Waals surface area contributed by atoms with Gasteiger partial charge in [-0.2, -0.15) is 4.31 Å². The third-order valence-corrected chi connectivity index (χ3v) is 7.67. The van der Waals surface area contributed by atoms with Crippen LogP contribution < -0.4 is 10.1 Å². The van der Waals surface area contributed by atoms with Gasteiger partial charge in [-0.25, -0.2) is 8.42 Å². The molecule has 1 aliphatic rings. The van der Waals surface area contributed by atoms with E-state index in [0.29, 0.717) is 31.7 Å². The molecule has 1 aliphatic heterocycles. The lowest BCUT2D eigenvalue weighted by Crippen LogP contribution is -2.43. The molecule has 174 valence electrons. The molecule has 0 unspecified atom stereocenters. The summed E-state index contributed by atoms with van der Waals surface area (Å²) in [5, 5.41) is 2.86. The summed E-state index contributed by atoms with van der Waals surface area (Å²) in [6, 6.07) is 14.8. The van der Waals surface area contributed by atoms with Gasteiger partial charge in [-0.15, -0.1) is 0 Å². The van der Waals surface area contributed by atoms with Crippen LogP contribution >= 0.6 is 0 Å². The number of nitrogens with zero attached hydrogens (tertiary/aromatic N) is 1. The summed E-state index contributed by atoms with van der Waals surface area (Å²) in [4.78, 5) is 13.1. The predicted octanol–water partition coefficient (Wildman–Crippen LogP) is 5.22. The standard InChI is InChI=1S/C25H34N2O4S/c1-2-3-4-5-6-10-20-31-22-17-15-21(16-18-22)26-25(28)24-14-11-19-27(24)32(29,30)23-12-8-7-9-13-23/h7-9,12-13,15-18,24H,2-6,10-11,14,19-20H2,1H3,(H,26,28)/t24-/m1/s1. The normalized spacial score (nSPS) is 16.7. The number of amides is 1. The van der Waals surface area contributed by atoms with Gasteiger partial charge in [0.05, 0.1) is 11.5 Å². The molecular formula is C25H34N2O4S. The van der Waals surface area contributed by atoms with Crippen LogP contribution in [-0.2, 0) is 14.8 Å². The molecule has 1 fully saturated rings. The first kappa shape index (κ1) is 24.3. The number of carbonyl (C=O) groups excluding carboxylic acids is 1. The van der Waals surface area contributed by atoms with Gasteiger partial charge >= 0.3 is 0 Å². The number of anilines is 1. The van der Waals surface area contributed by atoms with Crippen molar-refractivity contribution in [2.24, 2.45) is 0 Å². The molecule has 0 aliphatic carbocycles. The van der Waals surface area contributed by atoms with Crippen LogP contribution in [0.15, 0.2) is 59.5 Å². The summed E-state index contributed by atoms with van der Waals surface area (Å²) in [6.45, 7) is 3.25. The van der Waals surface area contributed by atoms with Crippen LogP contribution in [0, 0.1) is 0 Å². The molecule has 0 saturated carbocycles. The lowest BCUT2D eigenvalue weighted by molar-refractivity contribution is -0.119. The highest BCUT2D eigenvalue weighted by atomic mass is 32.2. The van der Waals surface area contributed by atoms with Crippen LogP contribution in [0.3, 0.4) is 0 Å². The number of sulfonamides is 1. The van der Waals surface area contributed by atoms with Crippen LogP contribution in [0.4, 0.5) is 5.69 Å². The van der Waals surface area contributed by atoms with E-state index < -0.39 is 16.1 Å². The molecule has 0 spiro atoms. The van der Waals surface area contributed by atoms with Crippen LogP contribution in [-0.4, -0.2) is 37.8 Å². The zero-order valence-corrected chi connectivity index (χ0v) is 19.6. The Morgan fingerprint density at radius 3 is 2.41 bits per heavy atom. The van der Waals surface area contributed by atoms with Gasteiger partial charge in [-0.05, 0) is 55.7 Å². The summed E-state index contributed by atoms with van der Waals surface area (Å²) in [7, 11) is -3.70. The second-order valence-electron chi connectivity index (χ2n) is 8.22. The zero-order valence-electron chi connectivity index (χ0n) is 18.8. The first-order valence-electron chi connectivity index (χ1n) is 11.6. The molecular weight excluding hydrogens is 424 g/mol. The minimum Gasteiger partial charge on any atom is -0.494 e. The monoisotopic (exact) mass is 458 g/mol. The molecule has 1 heterocycles. The van der Waals surface area contributed by atoms with Crippen molar-refractivity contribution in [1.82, 2.24) is 4.31 Å². The van der Waals surface area contributed by atoms with Gasteiger partial charge in [0, 0.05) is 12.2 Å². The first-order chi connectivity index (χ1) is 15.5.